The van der Waals surface area contributed by atoms with Crippen LogP contribution in [0.1, 0.15) is 0 Å². The summed E-state index contributed by atoms with van der Waals surface area (Å²) in [6.07, 6.45) is 1.70. The lowest BCUT2D eigenvalue weighted by atomic mass is 10.0. The van der Waals surface area contributed by atoms with E-state index in [2.05, 4.69) is 15.2 Å². The summed E-state index contributed by atoms with van der Waals surface area (Å²) in [5.41, 5.74) is 3.26. The van der Waals surface area contributed by atoms with E-state index in [-0.39, 0.29) is 18.3 Å². The van der Waals surface area contributed by atoms with E-state index < -0.39 is 0 Å². The number of morpholine rings is 1. The highest BCUT2D eigenvalue weighted by Crippen LogP contribution is 2.36. The van der Waals surface area contributed by atoms with Gasteiger partial charge in [0.25, 0.3) is 5.91 Å². The van der Waals surface area contributed by atoms with Crippen LogP contribution in [0.25, 0.3) is 11.1 Å². The van der Waals surface area contributed by atoms with E-state index in [4.69, 9.17) is 9.47 Å². The summed E-state index contributed by atoms with van der Waals surface area (Å²) in [7, 11) is 0. The lowest BCUT2D eigenvalue weighted by Gasteiger charge is -2.33. The minimum atomic E-state index is -0.312. The Labute approximate surface area is 191 Å². The van der Waals surface area contributed by atoms with Crippen molar-refractivity contribution in [3.8, 4) is 16.9 Å². The second-order valence-corrected chi connectivity index (χ2v) is 8.04. The molecule has 0 atom stereocenters. The van der Waals surface area contributed by atoms with Gasteiger partial charge in [0.2, 0.25) is 0 Å². The molecule has 2 aliphatic rings. The number of anilines is 3. The molecule has 2 aliphatic heterocycles. The van der Waals surface area contributed by atoms with Gasteiger partial charge in [-0.3, -0.25) is 9.69 Å². The van der Waals surface area contributed by atoms with Gasteiger partial charge in [-0.2, -0.15) is 0 Å². The molecule has 3 aromatic rings. The Morgan fingerprint density at radius 2 is 1.85 bits per heavy atom. The standard InChI is InChI=1S/C25H25FN4O3/c26-20-2-1-3-21(16-20)28-24-15-19(6-7-27-24)18-4-5-23-22(14-18)30(25(31)17-33-23)9-8-29-10-12-32-13-11-29/h1-7,14-16H,8-13,17H2,(H,27,28). The third-order valence-corrected chi connectivity index (χ3v) is 5.84. The van der Waals surface area contributed by atoms with E-state index in [0.717, 1.165) is 49.7 Å². The van der Waals surface area contributed by atoms with Crippen molar-refractivity contribution in [2.75, 3.05) is 56.2 Å². The first-order chi connectivity index (χ1) is 16.2. The number of ether oxygens (including phenoxy) is 2. The molecule has 0 unspecified atom stereocenters. The van der Waals surface area contributed by atoms with E-state index >= 15 is 0 Å². The summed E-state index contributed by atoms with van der Waals surface area (Å²) in [5, 5.41) is 3.13. The quantitative estimate of drug-likeness (QED) is 0.621. The lowest BCUT2D eigenvalue weighted by Crippen LogP contribution is -2.45. The molecule has 7 nitrogen and oxygen atoms in total. The number of amides is 1. The molecule has 8 heteroatoms. The molecule has 0 bridgehead atoms. The molecule has 170 valence electrons. The number of hydrogen-bond donors (Lipinski definition) is 1. The van der Waals surface area contributed by atoms with Crippen LogP contribution in [0.3, 0.4) is 0 Å². The van der Waals surface area contributed by atoms with Gasteiger partial charge in [-0.1, -0.05) is 12.1 Å². The summed E-state index contributed by atoms with van der Waals surface area (Å²) in [4.78, 5) is 21.1. The maximum Gasteiger partial charge on any atom is 0.265 e. The van der Waals surface area contributed by atoms with Crippen LogP contribution < -0.4 is 15.0 Å². The highest BCUT2D eigenvalue weighted by molar-refractivity contribution is 5.98. The minimum Gasteiger partial charge on any atom is -0.482 e. The third kappa shape index (κ3) is 4.97. The van der Waals surface area contributed by atoms with Crippen molar-refractivity contribution in [1.29, 1.82) is 0 Å². The lowest BCUT2D eigenvalue weighted by molar-refractivity contribution is -0.121. The van der Waals surface area contributed by atoms with Crippen molar-refractivity contribution in [3.63, 3.8) is 0 Å². The van der Waals surface area contributed by atoms with Crippen LogP contribution in [0.5, 0.6) is 5.75 Å². The Morgan fingerprint density at radius 3 is 2.70 bits per heavy atom. The van der Waals surface area contributed by atoms with Gasteiger partial charge in [-0.25, -0.2) is 9.37 Å². The van der Waals surface area contributed by atoms with E-state index in [1.54, 1.807) is 18.3 Å². The monoisotopic (exact) mass is 448 g/mol. The number of fused-ring (bicyclic) bond motifs is 1. The Morgan fingerprint density at radius 1 is 1.00 bits per heavy atom. The molecule has 0 radical (unpaired) electrons. The first kappa shape index (κ1) is 21.4. The second-order valence-electron chi connectivity index (χ2n) is 8.04. The molecular formula is C25H25FN4O3. The molecular weight excluding hydrogens is 423 g/mol. The molecule has 0 spiro atoms. The Kier molecular flexibility index (Phi) is 6.19. The summed E-state index contributed by atoms with van der Waals surface area (Å²) >= 11 is 0. The maximum atomic E-state index is 13.5. The van der Waals surface area contributed by atoms with E-state index in [0.29, 0.717) is 23.8 Å². The molecule has 1 amide bonds. The van der Waals surface area contributed by atoms with Crippen LogP contribution in [-0.4, -0.2) is 61.8 Å². The fourth-order valence-corrected chi connectivity index (χ4v) is 4.09. The van der Waals surface area contributed by atoms with Gasteiger partial charge in [0.05, 0.1) is 18.9 Å². The molecule has 1 saturated heterocycles. The molecule has 0 saturated carbocycles. The van der Waals surface area contributed by atoms with Crippen LogP contribution >= 0.6 is 0 Å². The molecule has 33 heavy (non-hydrogen) atoms. The number of nitrogens with zero attached hydrogens (tertiary/aromatic N) is 3. The Hall–Kier alpha value is -3.49. The van der Waals surface area contributed by atoms with Crippen molar-refractivity contribution in [3.05, 3.63) is 66.6 Å². The number of pyridine rings is 1. The van der Waals surface area contributed by atoms with E-state index in [9.17, 15) is 9.18 Å². The second kappa shape index (κ2) is 9.56. The van der Waals surface area contributed by atoms with Gasteiger partial charge in [0.15, 0.2) is 6.61 Å². The normalized spacial score (nSPS) is 16.3. The Bertz CT molecular complexity index is 1150. The van der Waals surface area contributed by atoms with Crippen molar-refractivity contribution in [2.45, 2.75) is 0 Å². The highest BCUT2D eigenvalue weighted by atomic mass is 19.1. The molecule has 3 heterocycles. The fraction of sp³-hybridized carbons (Fsp3) is 0.280. The first-order valence-corrected chi connectivity index (χ1v) is 11.0. The van der Waals surface area contributed by atoms with Crippen LogP contribution in [0.4, 0.5) is 21.6 Å². The number of halogens is 1. The average Bonchev–Trinajstić information content (AvgIpc) is 2.84. The number of hydrogen-bond acceptors (Lipinski definition) is 6. The van der Waals surface area contributed by atoms with Gasteiger partial charge < -0.3 is 19.7 Å². The Balaban J connectivity index is 1.38. The largest absolute Gasteiger partial charge is 0.482 e. The molecule has 5 rings (SSSR count). The minimum absolute atomic E-state index is 0.0453. The van der Waals surface area contributed by atoms with Crippen molar-refractivity contribution >= 4 is 23.1 Å². The molecule has 1 aromatic heterocycles. The zero-order chi connectivity index (χ0) is 22.6. The number of nitrogens with one attached hydrogen (secondary N) is 1. The van der Waals surface area contributed by atoms with Crippen molar-refractivity contribution in [1.82, 2.24) is 9.88 Å². The number of benzene rings is 2. The number of carbonyl (C=O) groups excluding carboxylic acids is 1. The summed E-state index contributed by atoms with van der Waals surface area (Å²) in [5.74, 6) is 0.948. The molecule has 2 aromatic carbocycles. The number of aromatic nitrogens is 1. The maximum absolute atomic E-state index is 13.5. The molecule has 1 fully saturated rings. The summed E-state index contributed by atoms with van der Waals surface area (Å²) in [6.45, 7) is 4.65. The predicted octanol–water partition coefficient (Wildman–Crippen LogP) is 3.69. The zero-order valence-electron chi connectivity index (χ0n) is 18.2. The fourth-order valence-electron chi connectivity index (χ4n) is 4.09. The van der Waals surface area contributed by atoms with E-state index in [1.165, 1.54) is 12.1 Å². The van der Waals surface area contributed by atoms with Crippen LogP contribution in [-0.2, 0) is 9.53 Å². The van der Waals surface area contributed by atoms with Crippen molar-refractivity contribution < 1.29 is 18.7 Å². The number of carbonyl (C=O) groups is 1. The first-order valence-electron chi connectivity index (χ1n) is 11.0. The van der Waals surface area contributed by atoms with Crippen LogP contribution in [0.2, 0.25) is 0 Å². The van der Waals surface area contributed by atoms with Crippen molar-refractivity contribution in [2.24, 2.45) is 0 Å². The van der Waals surface area contributed by atoms with Crippen LogP contribution in [0.15, 0.2) is 60.8 Å². The van der Waals surface area contributed by atoms with Gasteiger partial charge >= 0.3 is 0 Å². The molecule has 1 N–H and O–H groups in total. The van der Waals surface area contributed by atoms with Gasteiger partial charge in [-0.15, -0.1) is 0 Å². The average molecular weight is 448 g/mol. The predicted molar refractivity (Wildman–Crippen MR) is 124 cm³/mol. The molecule has 0 aliphatic carbocycles. The highest BCUT2D eigenvalue weighted by Gasteiger charge is 2.26. The smallest absolute Gasteiger partial charge is 0.265 e. The third-order valence-electron chi connectivity index (χ3n) is 5.84. The topological polar surface area (TPSA) is 66.9 Å². The summed E-state index contributed by atoms with van der Waals surface area (Å²) < 4.78 is 24.6. The van der Waals surface area contributed by atoms with E-state index in [1.807, 2.05) is 35.2 Å². The van der Waals surface area contributed by atoms with Crippen LogP contribution in [0, 0.1) is 5.82 Å². The van der Waals surface area contributed by atoms with Gasteiger partial charge in [-0.05, 0) is 53.6 Å². The van der Waals surface area contributed by atoms with Gasteiger partial charge in [0.1, 0.15) is 17.4 Å². The van der Waals surface area contributed by atoms with Gasteiger partial charge in [0, 0.05) is 38.1 Å². The SMILES string of the molecule is O=C1COc2ccc(-c3ccnc(Nc4cccc(F)c4)c3)cc2N1CCN1CCOCC1. The summed E-state index contributed by atoms with van der Waals surface area (Å²) in [6, 6.07) is 15.9. The zero-order valence-corrected chi connectivity index (χ0v) is 18.2. The number of rotatable bonds is 6.